The first-order valence-corrected chi connectivity index (χ1v) is 9.24. The van der Waals surface area contributed by atoms with E-state index < -0.39 is 0 Å². The molecule has 1 aliphatic carbocycles. The van der Waals surface area contributed by atoms with Crippen LogP contribution in [-0.4, -0.2) is 65.5 Å². The molecule has 2 atom stereocenters. The molecule has 0 radical (unpaired) electrons. The molecule has 0 N–H and O–H groups in total. The molecule has 6 heteroatoms. The lowest BCUT2D eigenvalue weighted by molar-refractivity contribution is 0.158. The van der Waals surface area contributed by atoms with Crippen LogP contribution in [0.25, 0.3) is 0 Å². The maximum Gasteiger partial charge on any atom is 0.319 e. The summed E-state index contributed by atoms with van der Waals surface area (Å²) >= 11 is 6.14. The number of carbonyl (C=O) groups excluding carboxylic acids is 1. The molecule has 2 fully saturated rings. The van der Waals surface area contributed by atoms with Crippen LogP contribution in [0.5, 0.6) is 0 Å². The van der Waals surface area contributed by atoms with E-state index in [0.717, 1.165) is 44.8 Å². The van der Waals surface area contributed by atoms with Gasteiger partial charge in [0.2, 0.25) is 0 Å². The zero-order valence-electron chi connectivity index (χ0n) is 14.8. The number of amides is 2. The van der Waals surface area contributed by atoms with Gasteiger partial charge in [-0.1, -0.05) is 17.7 Å². The Bertz CT molecular complexity index is 580. The molecule has 1 aromatic rings. The maximum absolute atomic E-state index is 12.4. The van der Waals surface area contributed by atoms with E-state index in [4.69, 9.17) is 11.6 Å². The molecular formula is C18H27ClN4O. The van der Waals surface area contributed by atoms with E-state index in [0.29, 0.717) is 22.9 Å². The Kier molecular flexibility index (Phi) is 5.30. The number of aromatic nitrogens is 1. The van der Waals surface area contributed by atoms with Gasteiger partial charge in [0.05, 0.1) is 0 Å². The van der Waals surface area contributed by atoms with Crippen LogP contribution < -0.4 is 0 Å². The van der Waals surface area contributed by atoms with Crippen molar-refractivity contribution in [2.75, 3.05) is 39.8 Å². The van der Waals surface area contributed by atoms with Crippen molar-refractivity contribution in [2.24, 2.45) is 17.8 Å². The highest BCUT2D eigenvalue weighted by atomic mass is 35.5. The van der Waals surface area contributed by atoms with Gasteiger partial charge in [-0.2, -0.15) is 0 Å². The minimum absolute atomic E-state index is 0.210. The number of urea groups is 1. The third-order valence-corrected chi connectivity index (χ3v) is 5.82. The van der Waals surface area contributed by atoms with Crippen LogP contribution >= 0.6 is 11.6 Å². The standard InChI is InChI=1S/C18H27ClN4O/c1-4-22(5-2)18(24)23-11-15-14(16(15)12-23)10-21(3)9-13-7-6-8-20-17(13)19/h6-8,14-16H,4-5,9-12H2,1-3H3. The van der Waals surface area contributed by atoms with Gasteiger partial charge in [-0.05, 0) is 44.7 Å². The SMILES string of the molecule is CCN(CC)C(=O)N1CC2C(CN(C)Cc3cccnc3Cl)C2C1. The lowest BCUT2D eigenvalue weighted by Crippen LogP contribution is -2.43. The molecule has 0 spiro atoms. The molecule has 5 nitrogen and oxygen atoms in total. The van der Waals surface area contributed by atoms with Crippen LogP contribution in [0, 0.1) is 17.8 Å². The Labute approximate surface area is 149 Å². The van der Waals surface area contributed by atoms with Crippen LogP contribution in [0.2, 0.25) is 5.15 Å². The second-order valence-corrected chi connectivity index (χ2v) is 7.36. The molecule has 2 unspecified atom stereocenters. The van der Waals surface area contributed by atoms with Gasteiger partial charge < -0.3 is 14.7 Å². The zero-order valence-corrected chi connectivity index (χ0v) is 15.5. The second-order valence-electron chi connectivity index (χ2n) is 7.00. The van der Waals surface area contributed by atoms with Crippen LogP contribution in [0.4, 0.5) is 4.79 Å². The molecule has 24 heavy (non-hydrogen) atoms. The van der Waals surface area contributed by atoms with E-state index >= 15 is 0 Å². The normalized spacial score (nSPS) is 25.0. The van der Waals surface area contributed by atoms with E-state index in [1.165, 1.54) is 0 Å². The fourth-order valence-electron chi connectivity index (χ4n) is 4.02. The zero-order chi connectivity index (χ0) is 17.3. The number of pyridine rings is 1. The van der Waals surface area contributed by atoms with Crippen LogP contribution in [0.15, 0.2) is 18.3 Å². The average molecular weight is 351 g/mol. The van der Waals surface area contributed by atoms with Crippen molar-refractivity contribution in [3.8, 4) is 0 Å². The molecule has 132 valence electrons. The lowest BCUT2D eigenvalue weighted by atomic mass is 10.2. The van der Waals surface area contributed by atoms with E-state index in [1.807, 2.05) is 35.8 Å². The predicted octanol–water partition coefficient (Wildman–Crippen LogP) is 2.81. The van der Waals surface area contributed by atoms with Crippen molar-refractivity contribution in [2.45, 2.75) is 20.4 Å². The molecule has 3 rings (SSSR count). The molecule has 1 aliphatic heterocycles. The minimum Gasteiger partial charge on any atom is -0.325 e. The minimum atomic E-state index is 0.210. The van der Waals surface area contributed by atoms with Gasteiger partial charge in [0.25, 0.3) is 0 Å². The van der Waals surface area contributed by atoms with E-state index in [1.54, 1.807) is 6.20 Å². The van der Waals surface area contributed by atoms with Crippen molar-refractivity contribution < 1.29 is 4.79 Å². The number of hydrogen-bond donors (Lipinski definition) is 0. The molecule has 1 saturated heterocycles. The Morgan fingerprint density at radius 1 is 1.33 bits per heavy atom. The first-order valence-electron chi connectivity index (χ1n) is 8.86. The molecule has 2 aliphatic rings. The number of likely N-dealkylation sites (tertiary alicyclic amines) is 1. The molecule has 0 bridgehead atoms. The predicted molar refractivity (Wildman–Crippen MR) is 95.9 cm³/mol. The fourth-order valence-corrected chi connectivity index (χ4v) is 4.20. The summed E-state index contributed by atoms with van der Waals surface area (Å²) < 4.78 is 0. The first kappa shape index (κ1) is 17.5. The van der Waals surface area contributed by atoms with Crippen LogP contribution in [-0.2, 0) is 6.54 Å². The molecule has 0 aromatic carbocycles. The van der Waals surface area contributed by atoms with Crippen molar-refractivity contribution >= 4 is 17.6 Å². The van der Waals surface area contributed by atoms with E-state index in [2.05, 4.69) is 16.9 Å². The fraction of sp³-hybridized carbons (Fsp3) is 0.667. The summed E-state index contributed by atoms with van der Waals surface area (Å²) in [7, 11) is 2.14. The Morgan fingerprint density at radius 2 is 2.00 bits per heavy atom. The number of halogens is 1. The van der Waals surface area contributed by atoms with Crippen molar-refractivity contribution in [1.82, 2.24) is 19.7 Å². The topological polar surface area (TPSA) is 39.7 Å². The quantitative estimate of drug-likeness (QED) is 0.741. The Hall–Kier alpha value is -1.33. The van der Waals surface area contributed by atoms with Crippen LogP contribution in [0.3, 0.4) is 0 Å². The Balaban J connectivity index is 1.46. The third-order valence-electron chi connectivity index (χ3n) is 5.47. The monoisotopic (exact) mass is 350 g/mol. The third kappa shape index (κ3) is 3.52. The lowest BCUT2D eigenvalue weighted by Gasteiger charge is -2.28. The number of nitrogens with zero attached hydrogens (tertiary/aromatic N) is 4. The largest absolute Gasteiger partial charge is 0.325 e. The highest BCUT2D eigenvalue weighted by molar-refractivity contribution is 6.30. The van der Waals surface area contributed by atoms with Gasteiger partial charge in [-0.3, -0.25) is 0 Å². The summed E-state index contributed by atoms with van der Waals surface area (Å²) in [5.41, 5.74) is 1.07. The highest BCUT2D eigenvalue weighted by Gasteiger charge is 2.56. The molecular weight excluding hydrogens is 324 g/mol. The second kappa shape index (κ2) is 7.28. The number of carbonyl (C=O) groups is 1. The highest BCUT2D eigenvalue weighted by Crippen LogP contribution is 2.52. The van der Waals surface area contributed by atoms with Gasteiger partial charge in [0.15, 0.2) is 0 Å². The Morgan fingerprint density at radius 3 is 2.58 bits per heavy atom. The van der Waals surface area contributed by atoms with Gasteiger partial charge >= 0.3 is 6.03 Å². The smallest absolute Gasteiger partial charge is 0.319 e. The van der Waals surface area contributed by atoms with Gasteiger partial charge in [0.1, 0.15) is 5.15 Å². The summed E-state index contributed by atoms with van der Waals surface area (Å²) in [6, 6.07) is 4.17. The number of piperidine rings is 1. The summed E-state index contributed by atoms with van der Waals surface area (Å²) in [5, 5.41) is 0.594. The van der Waals surface area contributed by atoms with Gasteiger partial charge in [-0.15, -0.1) is 0 Å². The number of rotatable bonds is 6. The number of fused-ring (bicyclic) bond motifs is 1. The first-order chi connectivity index (χ1) is 11.5. The molecule has 2 amide bonds. The number of hydrogen-bond acceptors (Lipinski definition) is 3. The van der Waals surface area contributed by atoms with E-state index in [9.17, 15) is 4.79 Å². The molecule has 1 aromatic heterocycles. The van der Waals surface area contributed by atoms with Gasteiger partial charge in [-0.25, -0.2) is 9.78 Å². The summed E-state index contributed by atoms with van der Waals surface area (Å²) in [6.45, 7) is 9.40. The van der Waals surface area contributed by atoms with E-state index in [-0.39, 0.29) is 6.03 Å². The summed E-state index contributed by atoms with van der Waals surface area (Å²) in [4.78, 5) is 22.8. The maximum atomic E-state index is 12.4. The average Bonchev–Trinajstić information content (AvgIpc) is 3.01. The van der Waals surface area contributed by atoms with Crippen molar-refractivity contribution in [1.29, 1.82) is 0 Å². The van der Waals surface area contributed by atoms with Crippen LogP contribution in [0.1, 0.15) is 19.4 Å². The van der Waals surface area contributed by atoms with Crippen molar-refractivity contribution in [3.63, 3.8) is 0 Å². The van der Waals surface area contributed by atoms with Gasteiger partial charge in [0, 0.05) is 51.0 Å². The summed E-state index contributed by atoms with van der Waals surface area (Å²) in [5.74, 6) is 2.07. The summed E-state index contributed by atoms with van der Waals surface area (Å²) in [6.07, 6.45) is 1.72. The van der Waals surface area contributed by atoms with Crippen molar-refractivity contribution in [3.05, 3.63) is 29.0 Å². The molecule has 2 heterocycles. The molecule has 1 saturated carbocycles.